The van der Waals surface area contributed by atoms with Crippen molar-refractivity contribution in [3.05, 3.63) is 23.9 Å². The van der Waals surface area contributed by atoms with Gasteiger partial charge >= 0.3 is 0 Å². The fourth-order valence-corrected chi connectivity index (χ4v) is 3.72. The van der Waals surface area contributed by atoms with Gasteiger partial charge in [-0.2, -0.15) is 5.26 Å². The fraction of sp³-hybridized carbons (Fsp3) is 0.650. The van der Waals surface area contributed by atoms with Crippen LogP contribution in [0.2, 0.25) is 0 Å². The third-order valence-corrected chi connectivity index (χ3v) is 5.33. The molecule has 1 aromatic heterocycles. The van der Waals surface area contributed by atoms with Crippen molar-refractivity contribution in [1.82, 2.24) is 9.88 Å². The van der Waals surface area contributed by atoms with Crippen molar-refractivity contribution in [2.24, 2.45) is 17.8 Å². The summed E-state index contributed by atoms with van der Waals surface area (Å²) in [6.07, 6.45) is 4.16. The SMILES string of the molecule is CC(C)CCC(=O)N1C[C@H]2[C@@H](CCOc3ccc(C#N)cn3)CO[C@H]2C1. The van der Waals surface area contributed by atoms with Gasteiger partial charge in [-0.3, -0.25) is 4.79 Å². The maximum Gasteiger partial charge on any atom is 0.222 e. The van der Waals surface area contributed by atoms with Crippen molar-refractivity contribution in [3.63, 3.8) is 0 Å². The van der Waals surface area contributed by atoms with E-state index < -0.39 is 0 Å². The Kier molecular flexibility index (Phi) is 6.10. The van der Waals surface area contributed by atoms with Gasteiger partial charge in [0, 0.05) is 37.7 Å². The zero-order valence-corrected chi connectivity index (χ0v) is 15.6. The third-order valence-electron chi connectivity index (χ3n) is 5.33. The molecule has 6 heteroatoms. The van der Waals surface area contributed by atoms with E-state index in [1.165, 1.54) is 6.20 Å². The number of nitriles is 1. The minimum absolute atomic E-state index is 0.177. The molecule has 0 saturated carbocycles. The standard InChI is InChI=1S/C20H27N3O3/c1-14(2)3-6-20(24)23-11-17-16(13-26-18(17)12-23)7-8-25-19-5-4-15(9-21)10-22-19/h4-5,10,14,16-18H,3,6-8,11-13H2,1-2H3/t16-,17-,18-/m0/s1. The summed E-state index contributed by atoms with van der Waals surface area (Å²) < 4.78 is 11.6. The number of hydrogen-bond acceptors (Lipinski definition) is 5. The number of likely N-dealkylation sites (tertiary alicyclic amines) is 1. The van der Waals surface area contributed by atoms with Crippen LogP contribution < -0.4 is 4.74 Å². The lowest BCUT2D eigenvalue weighted by Gasteiger charge is -2.20. The lowest BCUT2D eigenvalue weighted by atomic mass is 9.91. The minimum Gasteiger partial charge on any atom is -0.478 e. The normalized spacial score (nSPS) is 24.5. The number of carbonyl (C=O) groups is 1. The van der Waals surface area contributed by atoms with E-state index in [0.717, 1.165) is 32.5 Å². The van der Waals surface area contributed by atoms with Gasteiger partial charge in [-0.25, -0.2) is 4.98 Å². The average molecular weight is 357 g/mol. The molecule has 0 N–H and O–H groups in total. The number of pyridine rings is 1. The van der Waals surface area contributed by atoms with Crippen LogP contribution in [0, 0.1) is 29.1 Å². The van der Waals surface area contributed by atoms with Gasteiger partial charge in [0.1, 0.15) is 6.07 Å². The largest absolute Gasteiger partial charge is 0.478 e. The van der Waals surface area contributed by atoms with Crippen molar-refractivity contribution in [3.8, 4) is 11.9 Å². The second kappa shape index (κ2) is 8.50. The molecule has 2 aliphatic heterocycles. The zero-order valence-electron chi connectivity index (χ0n) is 15.6. The summed E-state index contributed by atoms with van der Waals surface area (Å²) in [5.41, 5.74) is 0.526. The van der Waals surface area contributed by atoms with Crippen molar-refractivity contribution >= 4 is 5.91 Å². The molecule has 3 heterocycles. The molecule has 0 bridgehead atoms. The van der Waals surface area contributed by atoms with E-state index >= 15 is 0 Å². The predicted octanol–water partition coefficient (Wildman–Crippen LogP) is 2.63. The number of fused-ring (bicyclic) bond motifs is 1. The van der Waals surface area contributed by atoms with E-state index in [2.05, 4.69) is 18.8 Å². The van der Waals surface area contributed by atoms with E-state index in [9.17, 15) is 4.79 Å². The van der Waals surface area contributed by atoms with Gasteiger partial charge < -0.3 is 14.4 Å². The molecular formula is C20H27N3O3. The Balaban J connectivity index is 1.44. The monoisotopic (exact) mass is 357 g/mol. The number of ether oxygens (including phenoxy) is 2. The Morgan fingerprint density at radius 1 is 1.46 bits per heavy atom. The molecular weight excluding hydrogens is 330 g/mol. The quantitative estimate of drug-likeness (QED) is 0.750. The van der Waals surface area contributed by atoms with Gasteiger partial charge in [-0.15, -0.1) is 0 Å². The highest BCUT2D eigenvalue weighted by Gasteiger charge is 2.44. The van der Waals surface area contributed by atoms with Crippen molar-refractivity contribution < 1.29 is 14.3 Å². The molecule has 0 unspecified atom stereocenters. The van der Waals surface area contributed by atoms with Crippen molar-refractivity contribution in [2.45, 2.75) is 39.2 Å². The van der Waals surface area contributed by atoms with Crippen LogP contribution in [-0.2, 0) is 9.53 Å². The maximum atomic E-state index is 12.4. The zero-order chi connectivity index (χ0) is 18.5. The summed E-state index contributed by atoms with van der Waals surface area (Å²) in [5, 5.41) is 8.78. The first kappa shape index (κ1) is 18.7. The van der Waals surface area contributed by atoms with E-state index in [4.69, 9.17) is 14.7 Å². The molecule has 2 aliphatic rings. The summed E-state index contributed by atoms with van der Waals surface area (Å²) in [5.74, 6) is 2.18. The highest BCUT2D eigenvalue weighted by atomic mass is 16.5. The van der Waals surface area contributed by atoms with Gasteiger partial charge in [-0.1, -0.05) is 13.8 Å². The second-order valence-electron chi connectivity index (χ2n) is 7.66. The second-order valence-corrected chi connectivity index (χ2v) is 7.66. The van der Waals surface area contributed by atoms with Gasteiger partial charge in [0.2, 0.25) is 11.8 Å². The third kappa shape index (κ3) is 4.53. The first-order chi connectivity index (χ1) is 12.6. The smallest absolute Gasteiger partial charge is 0.222 e. The Morgan fingerprint density at radius 2 is 2.31 bits per heavy atom. The lowest BCUT2D eigenvalue weighted by Crippen LogP contribution is -2.31. The summed E-state index contributed by atoms with van der Waals surface area (Å²) >= 11 is 0. The van der Waals surface area contributed by atoms with Crippen LogP contribution in [0.3, 0.4) is 0 Å². The Bertz CT molecular complexity index is 653. The molecule has 1 amide bonds. The van der Waals surface area contributed by atoms with Crippen LogP contribution >= 0.6 is 0 Å². The molecule has 1 aromatic rings. The maximum absolute atomic E-state index is 12.4. The number of amides is 1. The molecule has 2 fully saturated rings. The van der Waals surface area contributed by atoms with Gasteiger partial charge in [0.25, 0.3) is 0 Å². The van der Waals surface area contributed by atoms with Crippen LogP contribution in [-0.4, -0.2) is 48.2 Å². The van der Waals surface area contributed by atoms with Gasteiger partial charge in [0.05, 0.1) is 24.9 Å². The minimum atomic E-state index is 0.177. The molecule has 3 atom stereocenters. The highest BCUT2D eigenvalue weighted by molar-refractivity contribution is 5.76. The first-order valence-electron chi connectivity index (χ1n) is 9.45. The van der Waals surface area contributed by atoms with E-state index in [1.54, 1.807) is 12.1 Å². The molecule has 140 valence electrons. The van der Waals surface area contributed by atoms with Crippen molar-refractivity contribution in [2.75, 3.05) is 26.3 Å². The molecule has 0 spiro atoms. The van der Waals surface area contributed by atoms with Crippen LogP contribution in [0.5, 0.6) is 5.88 Å². The topological polar surface area (TPSA) is 75.5 Å². The number of hydrogen-bond donors (Lipinski definition) is 0. The van der Waals surface area contributed by atoms with Crippen LogP contribution in [0.1, 0.15) is 38.7 Å². The molecule has 26 heavy (non-hydrogen) atoms. The number of aromatic nitrogens is 1. The summed E-state index contributed by atoms with van der Waals surface area (Å²) in [6, 6.07) is 5.46. The highest BCUT2D eigenvalue weighted by Crippen LogP contribution is 2.35. The van der Waals surface area contributed by atoms with E-state index in [1.807, 2.05) is 11.0 Å². The molecule has 2 saturated heterocycles. The number of nitrogens with zero attached hydrogens (tertiary/aromatic N) is 3. The summed E-state index contributed by atoms with van der Waals surface area (Å²) in [6.45, 7) is 7.14. The summed E-state index contributed by atoms with van der Waals surface area (Å²) in [4.78, 5) is 18.5. The van der Waals surface area contributed by atoms with Crippen LogP contribution in [0.15, 0.2) is 18.3 Å². The van der Waals surface area contributed by atoms with Crippen LogP contribution in [0.4, 0.5) is 0 Å². The predicted molar refractivity (Wildman–Crippen MR) is 96.4 cm³/mol. The Labute approximate surface area is 155 Å². The van der Waals surface area contributed by atoms with Crippen molar-refractivity contribution in [1.29, 1.82) is 5.26 Å². The van der Waals surface area contributed by atoms with E-state index in [-0.39, 0.29) is 12.0 Å². The Hall–Kier alpha value is -2.13. The van der Waals surface area contributed by atoms with E-state index in [0.29, 0.717) is 42.2 Å². The Morgan fingerprint density at radius 3 is 3.00 bits per heavy atom. The van der Waals surface area contributed by atoms with Gasteiger partial charge in [-0.05, 0) is 30.7 Å². The fourth-order valence-electron chi connectivity index (χ4n) is 3.72. The molecule has 6 nitrogen and oxygen atoms in total. The summed E-state index contributed by atoms with van der Waals surface area (Å²) in [7, 11) is 0. The average Bonchev–Trinajstić information content (AvgIpc) is 3.22. The number of carbonyl (C=O) groups excluding carboxylic acids is 1. The van der Waals surface area contributed by atoms with Gasteiger partial charge in [0.15, 0.2) is 0 Å². The van der Waals surface area contributed by atoms with Crippen LogP contribution in [0.25, 0.3) is 0 Å². The molecule has 0 aliphatic carbocycles. The molecule has 3 rings (SSSR count). The first-order valence-corrected chi connectivity index (χ1v) is 9.45. The molecule has 0 radical (unpaired) electrons. The lowest BCUT2D eigenvalue weighted by molar-refractivity contribution is -0.131. The molecule has 0 aromatic carbocycles. The number of rotatable bonds is 7.